The number of rotatable bonds is 5. The normalized spacial score (nSPS) is 19.1. The number of nitrogens with two attached hydrogens (primary N) is 1. The maximum absolute atomic E-state index is 13.2. The minimum Gasteiger partial charge on any atom is -0.406 e. The predicted octanol–water partition coefficient (Wildman–Crippen LogP) is 5.84. The quantitative estimate of drug-likeness (QED) is 0.424. The lowest BCUT2D eigenvalue weighted by atomic mass is 10.1. The first-order valence-electron chi connectivity index (χ1n) is 9.43. The molecule has 1 heterocycles. The lowest BCUT2D eigenvalue weighted by Gasteiger charge is -2.12. The Morgan fingerprint density at radius 3 is 2.45 bits per heavy atom. The maximum atomic E-state index is 13.2. The molecule has 1 aliphatic rings. The van der Waals surface area contributed by atoms with Crippen LogP contribution in [-0.4, -0.2) is 28.7 Å². The molecule has 0 bridgehead atoms. The SMILES string of the molecule is Nc1ncnc(Nc2ccc(OC(F)(F)F)cc2)c1C=N/C1=C/C(C(F)(F)F)=C\C=C/CC1. The van der Waals surface area contributed by atoms with E-state index in [2.05, 4.69) is 25.0 Å². The molecule has 33 heavy (non-hydrogen) atoms. The molecular formula is C21H17F6N5O. The van der Waals surface area contributed by atoms with Gasteiger partial charge in [-0.15, -0.1) is 13.2 Å². The zero-order valence-corrected chi connectivity index (χ0v) is 16.8. The number of ether oxygens (including phenoxy) is 1. The molecule has 0 saturated carbocycles. The molecule has 0 amide bonds. The first-order valence-corrected chi connectivity index (χ1v) is 9.43. The van der Waals surface area contributed by atoms with Crippen LogP contribution in [0.4, 0.5) is 43.7 Å². The molecule has 6 nitrogen and oxygen atoms in total. The Hall–Kier alpha value is -3.83. The summed E-state index contributed by atoms with van der Waals surface area (Å²) in [6.45, 7) is 0. The van der Waals surface area contributed by atoms with E-state index in [0.29, 0.717) is 12.1 Å². The lowest BCUT2D eigenvalue weighted by Crippen LogP contribution is -2.17. The van der Waals surface area contributed by atoms with Gasteiger partial charge in [0.25, 0.3) is 0 Å². The van der Waals surface area contributed by atoms with Gasteiger partial charge < -0.3 is 15.8 Å². The maximum Gasteiger partial charge on any atom is 0.573 e. The summed E-state index contributed by atoms with van der Waals surface area (Å²) in [4.78, 5) is 12.0. The van der Waals surface area contributed by atoms with Gasteiger partial charge in [-0.3, -0.25) is 4.99 Å². The standard InChI is InChI=1S/C21H17F6N5O/c22-20(23,24)13-4-2-1-3-5-15(10-13)29-11-17-18(28)30-12-31-19(17)32-14-6-8-16(9-7-14)33-21(25,26)27/h1-2,4,6-12H,3,5H2,(H3,28,30,31,32)/b2-1-,13-4+,15-10+,29-11?. The number of nitrogens with one attached hydrogen (secondary N) is 1. The van der Waals surface area contributed by atoms with Gasteiger partial charge in [-0.25, -0.2) is 9.97 Å². The van der Waals surface area contributed by atoms with Crippen molar-refractivity contribution in [3.63, 3.8) is 0 Å². The van der Waals surface area contributed by atoms with Gasteiger partial charge in [0.05, 0.1) is 11.1 Å². The van der Waals surface area contributed by atoms with Gasteiger partial charge in [0.2, 0.25) is 0 Å². The van der Waals surface area contributed by atoms with Gasteiger partial charge >= 0.3 is 12.5 Å². The molecule has 0 unspecified atom stereocenters. The molecule has 1 aliphatic carbocycles. The zero-order valence-electron chi connectivity index (χ0n) is 16.8. The monoisotopic (exact) mass is 469 g/mol. The summed E-state index contributed by atoms with van der Waals surface area (Å²) < 4.78 is 80.2. The fraction of sp³-hybridized carbons (Fsp3) is 0.190. The van der Waals surface area contributed by atoms with Gasteiger partial charge in [0, 0.05) is 17.6 Å². The predicted molar refractivity (Wildman–Crippen MR) is 111 cm³/mol. The molecule has 0 saturated heterocycles. The number of aliphatic imine (C=N–C) groups is 1. The third-order valence-electron chi connectivity index (χ3n) is 4.25. The summed E-state index contributed by atoms with van der Waals surface area (Å²) in [6, 6.07) is 4.85. The Bertz CT molecular complexity index is 1100. The molecular weight excluding hydrogens is 452 g/mol. The van der Waals surface area contributed by atoms with Crippen LogP contribution in [0.3, 0.4) is 0 Å². The highest BCUT2D eigenvalue weighted by Crippen LogP contribution is 2.30. The Morgan fingerprint density at radius 1 is 1.06 bits per heavy atom. The molecule has 3 N–H and O–H groups in total. The second-order valence-electron chi connectivity index (χ2n) is 6.70. The van der Waals surface area contributed by atoms with E-state index in [-0.39, 0.29) is 29.3 Å². The summed E-state index contributed by atoms with van der Waals surface area (Å²) in [7, 11) is 0. The topological polar surface area (TPSA) is 85.4 Å². The number of hydrogen-bond donors (Lipinski definition) is 2. The second kappa shape index (κ2) is 9.76. The van der Waals surface area contributed by atoms with E-state index in [1.807, 2.05) is 0 Å². The van der Waals surface area contributed by atoms with E-state index in [4.69, 9.17) is 5.73 Å². The first kappa shape index (κ1) is 23.8. The molecule has 12 heteroatoms. The van der Waals surface area contributed by atoms with Crippen molar-refractivity contribution in [3.8, 4) is 5.75 Å². The van der Waals surface area contributed by atoms with Gasteiger partial charge in [-0.1, -0.05) is 18.2 Å². The van der Waals surface area contributed by atoms with Crippen LogP contribution in [-0.2, 0) is 0 Å². The van der Waals surface area contributed by atoms with Crippen LogP contribution in [0.15, 0.2) is 71.2 Å². The largest absolute Gasteiger partial charge is 0.573 e. The van der Waals surface area contributed by atoms with Crippen LogP contribution >= 0.6 is 0 Å². The number of halogens is 6. The molecule has 1 aromatic carbocycles. The zero-order chi connectivity index (χ0) is 24.1. The van der Waals surface area contributed by atoms with Gasteiger partial charge in [0.15, 0.2) is 0 Å². The molecule has 174 valence electrons. The van der Waals surface area contributed by atoms with E-state index in [1.165, 1.54) is 24.4 Å². The number of nitrogen functional groups attached to an aromatic ring is 1. The number of hydrogen-bond acceptors (Lipinski definition) is 6. The third-order valence-corrected chi connectivity index (χ3v) is 4.25. The van der Waals surface area contributed by atoms with E-state index in [0.717, 1.165) is 30.6 Å². The lowest BCUT2D eigenvalue weighted by molar-refractivity contribution is -0.274. The van der Waals surface area contributed by atoms with Gasteiger partial charge in [-0.05, 0) is 43.2 Å². The van der Waals surface area contributed by atoms with E-state index in [9.17, 15) is 26.3 Å². The van der Waals surface area contributed by atoms with Crippen LogP contribution in [0.5, 0.6) is 5.75 Å². The average molecular weight is 469 g/mol. The molecule has 0 radical (unpaired) electrons. The molecule has 1 aromatic heterocycles. The van der Waals surface area contributed by atoms with Crippen molar-refractivity contribution >= 4 is 23.5 Å². The molecule has 0 spiro atoms. The van der Waals surface area contributed by atoms with Crippen molar-refractivity contribution in [2.75, 3.05) is 11.1 Å². The summed E-state index contributed by atoms with van der Waals surface area (Å²) in [5, 5.41) is 2.87. The summed E-state index contributed by atoms with van der Waals surface area (Å²) in [5.41, 5.74) is 5.77. The number of nitrogens with zero attached hydrogens (tertiary/aromatic N) is 3. The second-order valence-corrected chi connectivity index (χ2v) is 6.70. The summed E-state index contributed by atoms with van der Waals surface area (Å²) >= 11 is 0. The smallest absolute Gasteiger partial charge is 0.406 e. The molecule has 2 aromatic rings. The number of aromatic nitrogens is 2. The first-order chi connectivity index (χ1) is 15.5. The van der Waals surface area contributed by atoms with Gasteiger partial charge in [0.1, 0.15) is 23.7 Å². The van der Waals surface area contributed by atoms with Crippen molar-refractivity contribution in [2.45, 2.75) is 25.4 Å². The molecule has 0 atom stereocenters. The Balaban J connectivity index is 1.84. The van der Waals surface area contributed by atoms with Crippen molar-refractivity contribution in [3.05, 3.63) is 71.7 Å². The highest BCUT2D eigenvalue weighted by atomic mass is 19.4. The highest BCUT2D eigenvalue weighted by Gasteiger charge is 2.32. The number of benzene rings is 1. The molecule has 3 rings (SSSR count). The van der Waals surface area contributed by atoms with Crippen molar-refractivity contribution in [1.29, 1.82) is 0 Å². The van der Waals surface area contributed by atoms with Crippen LogP contribution in [0.2, 0.25) is 0 Å². The van der Waals surface area contributed by atoms with Crippen LogP contribution in [0.1, 0.15) is 18.4 Å². The van der Waals surface area contributed by atoms with Crippen molar-refractivity contribution < 1.29 is 31.1 Å². The minimum atomic E-state index is -4.82. The number of alkyl halides is 6. The molecule has 0 aliphatic heterocycles. The highest BCUT2D eigenvalue weighted by molar-refractivity contribution is 5.93. The Morgan fingerprint density at radius 2 is 1.79 bits per heavy atom. The number of allylic oxidation sites excluding steroid dienone is 6. The van der Waals surface area contributed by atoms with Gasteiger partial charge in [-0.2, -0.15) is 13.2 Å². The van der Waals surface area contributed by atoms with Crippen molar-refractivity contribution in [1.82, 2.24) is 9.97 Å². The van der Waals surface area contributed by atoms with Crippen LogP contribution < -0.4 is 15.8 Å². The van der Waals surface area contributed by atoms with Crippen LogP contribution in [0.25, 0.3) is 0 Å². The molecule has 0 fully saturated rings. The van der Waals surface area contributed by atoms with Crippen molar-refractivity contribution in [2.24, 2.45) is 4.99 Å². The minimum absolute atomic E-state index is 0.00574. The number of anilines is 3. The fourth-order valence-corrected chi connectivity index (χ4v) is 2.74. The third kappa shape index (κ3) is 7.09. The van der Waals surface area contributed by atoms with E-state index >= 15 is 0 Å². The van der Waals surface area contributed by atoms with Crippen LogP contribution in [0, 0.1) is 0 Å². The Kier molecular flexibility index (Phi) is 7.04. The summed E-state index contributed by atoms with van der Waals surface area (Å²) in [5.74, 6) is -0.240. The van der Waals surface area contributed by atoms with E-state index in [1.54, 1.807) is 6.08 Å². The van der Waals surface area contributed by atoms with E-state index < -0.39 is 23.9 Å². The summed E-state index contributed by atoms with van der Waals surface area (Å²) in [6.07, 6.45) is -1.34. The average Bonchev–Trinajstić information content (AvgIpc) is 2.68. The fourth-order valence-electron chi connectivity index (χ4n) is 2.74. The Labute approximate surface area is 184 Å².